The largest absolute Gasteiger partial charge is 0.338 e. The Bertz CT molecular complexity index is 844. The molecule has 7 nitrogen and oxygen atoms in total. The van der Waals surface area contributed by atoms with E-state index in [0.29, 0.717) is 42.3 Å². The highest BCUT2D eigenvalue weighted by molar-refractivity contribution is 6.18. The van der Waals surface area contributed by atoms with Gasteiger partial charge in [-0.25, -0.2) is 9.79 Å². The van der Waals surface area contributed by atoms with E-state index in [0.717, 1.165) is 25.7 Å². The van der Waals surface area contributed by atoms with Crippen molar-refractivity contribution in [2.45, 2.75) is 32.6 Å². The van der Waals surface area contributed by atoms with E-state index in [-0.39, 0.29) is 17.5 Å². The van der Waals surface area contributed by atoms with Crippen LogP contribution in [0.1, 0.15) is 43.7 Å². The van der Waals surface area contributed by atoms with Gasteiger partial charge in [0, 0.05) is 30.8 Å². The van der Waals surface area contributed by atoms with Crippen LogP contribution in [0.4, 0.5) is 4.79 Å². The quantitative estimate of drug-likeness (QED) is 0.487. The van der Waals surface area contributed by atoms with Gasteiger partial charge in [0.2, 0.25) is 0 Å². The molecule has 0 aliphatic carbocycles. The molecule has 0 bridgehead atoms. The van der Waals surface area contributed by atoms with Crippen LogP contribution < -0.4 is 10.6 Å². The lowest BCUT2D eigenvalue weighted by atomic mass is 10.0. The Morgan fingerprint density at radius 2 is 1.93 bits per heavy atom. The summed E-state index contributed by atoms with van der Waals surface area (Å²) in [4.78, 5) is 31.0. The summed E-state index contributed by atoms with van der Waals surface area (Å²) in [7, 11) is 0. The van der Waals surface area contributed by atoms with Crippen molar-refractivity contribution in [1.82, 2.24) is 15.5 Å². The van der Waals surface area contributed by atoms with Crippen molar-refractivity contribution in [3.05, 3.63) is 41.0 Å². The first kappa shape index (κ1) is 18.6. The molecule has 7 heteroatoms. The Morgan fingerprint density at radius 1 is 1.22 bits per heavy atom. The van der Waals surface area contributed by atoms with Crippen LogP contribution in [0.15, 0.2) is 34.8 Å². The third-order valence-corrected chi connectivity index (χ3v) is 4.66. The van der Waals surface area contributed by atoms with E-state index in [4.69, 9.17) is 0 Å². The molecule has 27 heavy (non-hydrogen) atoms. The number of likely N-dealkylation sites (tertiary alicyclic amines) is 1. The molecule has 2 N–H and O–H groups in total. The van der Waals surface area contributed by atoms with Crippen LogP contribution >= 0.6 is 0 Å². The molecule has 0 spiro atoms. The third-order valence-electron chi connectivity index (χ3n) is 4.66. The fourth-order valence-electron chi connectivity index (χ4n) is 3.23. The number of urea groups is 1. The van der Waals surface area contributed by atoms with E-state index < -0.39 is 0 Å². The molecule has 1 fully saturated rings. The molecule has 0 aromatic heterocycles. The number of nitrogens with one attached hydrogen (secondary N) is 2. The molecule has 1 aromatic rings. The monoisotopic (exact) mass is 365 g/mol. The maximum Gasteiger partial charge on any atom is 0.320 e. The molecule has 1 aromatic carbocycles. The van der Waals surface area contributed by atoms with Crippen molar-refractivity contribution in [2.75, 3.05) is 19.6 Å². The van der Waals surface area contributed by atoms with Gasteiger partial charge >= 0.3 is 6.03 Å². The zero-order valence-corrected chi connectivity index (χ0v) is 15.4. The fourth-order valence-corrected chi connectivity index (χ4v) is 3.23. The molecule has 0 unspecified atom stereocenters. The van der Waals surface area contributed by atoms with Crippen LogP contribution in [-0.4, -0.2) is 42.3 Å². The minimum absolute atomic E-state index is 0.0209. The Labute approximate surface area is 158 Å². The average molecular weight is 365 g/mol. The molecule has 0 atom stereocenters. The highest BCUT2D eigenvalue weighted by Gasteiger charge is 2.30. The highest BCUT2D eigenvalue weighted by atomic mass is 16.2. The number of aliphatic imine (C=N–C) groups is 1. The second-order valence-electron chi connectivity index (χ2n) is 6.58. The first-order valence-electron chi connectivity index (χ1n) is 9.32. The predicted molar refractivity (Wildman–Crippen MR) is 103 cm³/mol. The number of amidine groups is 1. The number of carbonyl (C=O) groups is 2. The van der Waals surface area contributed by atoms with Crippen LogP contribution in [0.3, 0.4) is 0 Å². The molecule has 2 heterocycles. The number of hydrogen-bond donors (Lipinski definition) is 2. The molecule has 2 aliphatic heterocycles. The molecule has 0 saturated carbocycles. The fraction of sp³-hybridized carbons (Fsp3) is 0.400. The van der Waals surface area contributed by atoms with Gasteiger partial charge in [0.05, 0.1) is 5.70 Å². The number of carbonyl (C=O) groups excluding carboxylic acids is 2. The van der Waals surface area contributed by atoms with E-state index in [9.17, 15) is 14.9 Å². The van der Waals surface area contributed by atoms with Crippen LogP contribution in [0.5, 0.6) is 0 Å². The second-order valence-corrected chi connectivity index (χ2v) is 6.58. The van der Waals surface area contributed by atoms with Gasteiger partial charge in [0.25, 0.3) is 5.91 Å². The number of nitrogens with zero attached hydrogens (tertiary/aromatic N) is 3. The lowest BCUT2D eigenvalue weighted by Crippen LogP contribution is -2.39. The van der Waals surface area contributed by atoms with Crippen LogP contribution in [0.25, 0.3) is 5.70 Å². The van der Waals surface area contributed by atoms with Crippen LogP contribution in [0.2, 0.25) is 0 Å². The van der Waals surface area contributed by atoms with E-state index in [1.807, 2.05) is 30.3 Å². The Kier molecular flexibility index (Phi) is 5.87. The van der Waals surface area contributed by atoms with Gasteiger partial charge in [-0.1, -0.05) is 37.6 Å². The normalized spacial score (nSPS) is 17.0. The van der Waals surface area contributed by atoms with Crippen LogP contribution in [-0.2, 0) is 4.79 Å². The SMILES string of the molecule is CCCCNC(=O)NC1=NC(=C(C#N)C(=O)N2CCCC2)c2ccccc21. The number of amides is 3. The van der Waals surface area contributed by atoms with Crippen molar-refractivity contribution < 1.29 is 9.59 Å². The van der Waals surface area contributed by atoms with E-state index >= 15 is 0 Å². The van der Waals surface area contributed by atoms with Gasteiger partial charge in [-0.2, -0.15) is 5.26 Å². The zero-order valence-electron chi connectivity index (χ0n) is 15.4. The predicted octanol–water partition coefficient (Wildman–Crippen LogP) is 2.40. The third kappa shape index (κ3) is 4.00. The van der Waals surface area contributed by atoms with Crippen LogP contribution in [0, 0.1) is 11.3 Å². The van der Waals surface area contributed by atoms with E-state index in [1.165, 1.54) is 0 Å². The maximum absolute atomic E-state index is 12.8. The molecular formula is C20H23N5O2. The summed E-state index contributed by atoms with van der Waals surface area (Å²) in [5.74, 6) is 0.0637. The molecular weight excluding hydrogens is 342 g/mol. The second kappa shape index (κ2) is 8.49. The number of hydrogen-bond acceptors (Lipinski definition) is 4. The number of benzene rings is 1. The number of rotatable bonds is 4. The van der Waals surface area contributed by atoms with Gasteiger partial charge in [-0.15, -0.1) is 0 Å². The summed E-state index contributed by atoms with van der Waals surface area (Å²) in [6.45, 7) is 3.95. The summed E-state index contributed by atoms with van der Waals surface area (Å²) >= 11 is 0. The summed E-state index contributed by atoms with van der Waals surface area (Å²) in [6.07, 6.45) is 3.78. The Balaban J connectivity index is 1.90. The first-order valence-corrected chi connectivity index (χ1v) is 9.32. The lowest BCUT2D eigenvalue weighted by molar-refractivity contribution is -0.125. The van der Waals surface area contributed by atoms with E-state index in [2.05, 4.69) is 22.5 Å². The standard InChI is InChI=1S/C20H23N5O2/c1-2-3-10-22-20(27)24-18-15-9-5-4-8-14(15)17(23-18)16(13-21)19(26)25-11-6-7-12-25/h4-5,8-9H,2-3,6-7,10-12H2,1H3,(H2,22,23,24,27). The Hall–Kier alpha value is -3.14. The van der Waals surface area contributed by atoms with Gasteiger partial charge in [-0.05, 0) is 19.3 Å². The van der Waals surface area contributed by atoms with E-state index in [1.54, 1.807) is 4.90 Å². The van der Waals surface area contributed by atoms with Gasteiger partial charge in [-0.3, -0.25) is 10.1 Å². The highest BCUT2D eigenvalue weighted by Crippen LogP contribution is 2.31. The first-order chi connectivity index (χ1) is 13.2. The van der Waals surface area contributed by atoms with Crippen molar-refractivity contribution in [1.29, 1.82) is 5.26 Å². The van der Waals surface area contributed by atoms with Gasteiger partial charge in [0.15, 0.2) is 0 Å². The Morgan fingerprint density at radius 3 is 2.59 bits per heavy atom. The van der Waals surface area contributed by atoms with Crippen molar-refractivity contribution >= 4 is 23.5 Å². The van der Waals surface area contributed by atoms with Crippen molar-refractivity contribution in [3.8, 4) is 6.07 Å². The average Bonchev–Trinajstić information content (AvgIpc) is 3.32. The summed E-state index contributed by atoms with van der Waals surface area (Å²) < 4.78 is 0. The van der Waals surface area contributed by atoms with Crippen molar-refractivity contribution in [2.24, 2.45) is 4.99 Å². The molecule has 1 saturated heterocycles. The minimum atomic E-state index is -0.345. The topological polar surface area (TPSA) is 97.6 Å². The van der Waals surface area contributed by atoms with Crippen molar-refractivity contribution in [3.63, 3.8) is 0 Å². The molecule has 3 amide bonds. The number of fused-ring (bicyclic) bond motifs is 1. The number of nitriles is 1. The molecule has 3 rings (SSSR count). The molecule has 140 valence electrons. The lowest BCUT2D eigenvalue weighted by Gasteiger charge is -2.15. The smallest absolute Gasteiger partial charge is 0.320 e. The summed E-state index contributed by atoms with van der Waals surface area (Å²) in [6, 6.07) is 8.98. The summed E-state index contributed by atoms with van der Waals surface area (Å²) in [5.41, 5.74) is 1.74. The summed E-state index contributed by atoms with van der Waals surface area (Å²) in [5, 5.41) is 15.2. The maximum atomic E-state index is 12.8. The minimum Gasteiger partial charge on any atom is -0.338 e. The van der Waals surface area contributed by atoms with Gasteiger partial charge < -0.3 is 10.2 Å². The molecule has 0 radical (unpaired) electrons. The van der Waals surface area contributed by atoms with Gasteiger partial charge in [0.1, 0.15) is 17.5 Å². The molecule has 2 aliphatic rings. The zero-order chi connectivity index (χ0) is 19.2. The number of unbranched alkanes of at least 4 members (excludes halogenated alkanes) is 1.